The van der Waals surface area contributed by atoms with Gasteiger partial charge in [0.2, 0.25) is 0 Å². The molecule has 4 aromatic carbocycles. The Hall–Kier alpha value is -2.77. The second-order valence-electron chi connectivity index (χ2n) is 6.46. The predicted molar refractivity (Wildman–Crippen MR) is 124 cm³/mol. The van der Waals surface area contributed by atoms with Crippen molar-refractivity contribution in [1.82, 2.24) is 6.15 Å². The molecule has 4 aromatic rings. The van der Waals surface area contributed by atoms with Gasteiger partial charge in [0.15, 0.2) is 0 Å². The first-order valence-electron chi connectivity index (χ1n) is 8.98. The largest absolute Gasteiger partial charge is 0.412 e. The highest BCUT2D eigenvalue weighted by Crippen LogP contribution is 2.58. The SMILES string of the molecule is N.O.c1ccc(C[P+](c2ccccc2)(c2ccccc2)c2ccccc2)cc1. The zero-order valence-corrected chi connectivity index (χ0v) is 16.8. The fourth-order valence-electron chi connectivity index (χ4n) is 3.63. The van der Waals surface area contributed by atoms with Crippen LogP contribution in [-0.2, 0) is 6.16 Å². The van der Waals surface area contributed by atoms with Crippen LogP contribution in [0.2, 0.25) is 0 Å². The Balaban J connectivity index is 0.00000140. The first kappa shape index (κ1) is 21.5. The Labute approximate surface area is 168 Å². The molecule has 0 heterocycles. The summed E-state index contributed by atoms with van der Waals surface area (Å²) in [5, 5.41) is 4.30. The third-order valence-electron chi connectivity index (χ3n) is 4.85. The third kappa shape index (κ3) is 4.21. The van der Waals surface area contributed by atoms with Crippen LogP contribution in [0.15, 0.2) is 121 Å². The molecule has 0 saturated carbocycles. The van der Waals surface area contributed by atoms with Crippen LogP contribution in [0.3, 0.4) is 0 Å². The monoisotopic (exact) mass is 388 g/mol. The van der Waals surface area contributed by atoms with Crippen LogP contribution in [0, 0.1) is 0 Å². The highest BCUT2D eigenvalue weighted by Gasteiger charge is 2.45. The molecular formula is C25H27NOP+. The molecule has 0 aliphatic rings. The first-order chi connectivity index (χ1) is 12.9. The maximum absolute atomic E-state index is 2.30. The van der Waals surface area contributed by atoms with E-state index in [0.717, 1.165) is 6.16 Å². The van der Waals surface area contributed by atoms with Gasteiger partial charge in [-0.2, -0.15) is 0 Å². The smallest absolute Gasteiger partial charge is 0.116 e. The molecule has 0 bridgehead atoms. The van der Waals surface area contributed by atoms with E-state index in [0.29, 0.717) is 0 Å². The lowest BCUT2D eigenvalue weighted by molar-refractivity contribution is 0.824. The summed E-state index contributed by atoms with van der Waals surface area (Å²) in [4.78, 5) is 0. The first-order valence-corrected chi connectivity index (χ1v) is 11.0. The fourth-order valence-corrected chi connectivity index (χ4v) is 7.87. The molecule has 2 nitrogen and oxygen atoms in total. The fraction of sp³-hybridized carbons (Fsp3) is 0.0400. The van der Waals surface area contributed by atoms with Crippen molar-refractivity contribution in [2.45, 2.75) is 6.16 Å². The molecule has 0 amide bonds. The standard InChI is InChI=1S/C25H22P.H3N.H2O/c1-5-13-22(14-6-1)21-26(23-15-7-2-8-16-23,24-17-9-3-10-18-24)25-19-11-4-12-20-25;;/h1-20H,21H2;1H3;1H2/q+1;;. The van der Waals surface area contributed by atoms with Crippen LogP contribution >= 0.6 is 7.26 Å². The van der Waals surface area contributed by atoms with Crippen LogP contribution in [0.25, 0.3) is 0 Å². The zero-order chi connectivity index (χ0) is 17.7. The van der Waals surface area contributed by atoms with Crippen molar-refractivity contribution in [1.29, 1.82) is 0 Å². The molecule has 0 saturated heterocycles. The number of rotatable bonds is 5. The molecule has 0 unspecified atom stereocenters. The molecule has 28 heavy (non-hydrogen) atoms. The molecule has 0 aromatic heterocycles. The van der Waals surface area contributed by atoms with Gasteiger partial charge in [0.1, 0.15) is 23.2 Å². The molecule has 4 rings (SSSR count). The van der Waals surface area contributed by atoms with Crippen LogP contribution in [0.5, 0.6) is 0 Å². The van der Waals surface area contributed by atoms with Crippen LogP contribution in [0.4, 0.5) is 0 Å². The summed E-state index contributed by atoms with van der Waals surface area (Å²) in [7, 11) is -1.78. The average Bonchev–Trinajstić information content (AvgIpc) is 2.75. The van der Waals surface area contributed by atoms with E-state index in [9.17, 15) is 0 Å². The Morgan fingerprint density at radius 1 is 0.429 bits per heavy atom. The number of benzene rings is 4. The van der Waals surface area contributed by atoms with Gasteiger partial charge in [-0.3, -0.25) is 0 Å². The van der Waals surface area contributed by atoms with Crippen molar-refractivity contribution in [2.75, 3.05) is 0 Å². The maximum atomic E-state index is 2.30. The topological polar surface area (TPSA) is 66.5 Å². The minimum atomic E-state index is -1.78. The van der Waals surface area contributed by atoms with Gasteiger partial charge in [-0.05, 0) is 42.0 Å². The normalized spacial score (nSPS) is 10.4. The van der Waals surface area contributed by atoms with Crippen molar-refractivity contribution >= 4 is 23.2 Å². The summed E-state index contributed by atoms with van der Waals surface area (Å²) >= 11 is 0. The highest BCUT2D eigenvalue weighted by molar-refractivity contribution is 7.95. The molecule has 0 radical (unpaired) electrons. The molecule has 0 atom stereocenters. The summed E-state index contributed by atoms with van der Waals surface area (Å²) in [6.45, 7) is 0. The molecule has 3 heteroatoms. The van der Waals surface area contributed by atoms with Gasteiger partial charge < -0.3 is 11.6 Å². The predicted octanol–water partition coefficient (Wildman–Crippen LogP) is 4.52. The molecule has 0 aliphatic heterocycles. The molecule has 0 spiro atoms. The number of hydrogen-bond donors (Lipinski definition) is 1. The van der Waals surface area contributed by atoms with E-state index in [4.69, 9.17) is 0 Å². The highest BCUT2D eigenvalue weighted by atomic mass is 31.2. The van der Waals surface area contributed by atoms with Gasteiger partial charge in [-0.25, -0.2) is 0 Å². The van der Waals surface area contributed by atoms with E-state index < -0.39 is 7.26 Å². The summed E-state index contributed by atoms with van der Waals surface area (Å²) < 4.78 is 0. The van der Waals surface area contributed by atoms with Crippen molar-refractivity contribution in [3.8, 4) is 0 Å². The van der Waals surface area contributed by atoms with Gasteiger partial charge in [-0.15, -0.1) is 0 Å². The summed E-state index contributed by atoms with van der Waals surface area (Å²) in [5.74, 6) is 0. The van der Waals surface area contributed by atoms with Crippen molar-refractivity contribution in [3.05, 3.63) is 127 Å². The quantitative estimate of drug-likeness (QED) is 0.502. The van der Waals surface area contributed by atoms with Gasteiger partial charge in [-0.1, -0.05) is 84.9 Å². The Morgan fingerprint density at radius 3 is 1.04 bits per heavy atom. The maximum Gasteiger partial charge on any atom is 0.116 e. The average molecular weight is 388 g/mol. The summed E-state index contributed by atoms with van der Waals surface area (Å²) in [5.41, 5.74) is 1.39. The second-order valence-corrected chi connectivity index (χ2v) is 9.95. The van der Waals surface area contributed by atoms with Crippen LogP contribution < -0.4 is 22.1 Å². The van der Waals surface area contributed by atoms with E-state index in [1.54, 1.807) is 0 Å². The molecule has 5 N–H and O–H groups in total. The lowest BCUT2D eigenvalue weighted by atomic mass is 10.2. The zero-order valence-electron chi connectivity index (χ0n) is 15.9. The minimum Gasteiger partial charge on any atom is -0.412 e. The molecule has 142 valence electrons. The van der Waals surface area contributed by atoms with Gasteiger partial charge in [0.05, 0.1) is 6.16 Å². The van der Waals surface area contributed by atoms with E-state index >= 15 is 0 Å². The van der Waals surface area contributed by atoms with Gasteiger partial charge >= 0.3 is 0 Å². The third-order valence-corrected chi connectivity index (χ3v) is 9.23. The Morgan fingerprint density at radius 2 is 0.714 bits per heavy atom. The number of hydrogen-bond acceptors (Lipinski definition) is 1. The van der Waals surface area contributed by atoms with Crippen molar-refractivity contribution in [3.63, 3.8) is 0 Å². The summed E-state index contributed by atoms with van der Waals surface area (Å²) in [6, 6.07) is 44.0. The van der Waals surface area contributed by atoms with Crippen molar-refractivity contribution in [2.24, 2.45) is 0 Å². The van der Waals surface area contributed by atoms with Crippen molar-refractivity contribution < 1.29 is 5.48 Å². The van der Waals surface area contributed by atoms with E-state index in [1.807, 2.05) is 0 Å². The van der Waals surface area contributed by atoms with Crippen LogP contribution in [0.1, 0.15) is 5.56 Å². The Kier molecular flexibility index (Phi) is 7.66. The van der Waals surface area contributed by atoms with E-state index in [-0.39, 0.29) is 11.6 Å². The van der Waals surface area contributed by atoms with E-state index in [1.165, 1.54) is 21.5 Å². The lowest BCUT2D eigenvalue weighted by Gasteiger charge is -2.27. The second kappa shape index (κ2) is 9.96. The summed E-state index contributed by atoms with van der Waals surface area (Å²) in [6.07, 6.45) is 1.03. The molecule has 0 fully saturated rings. The van der Waals surface area contributed by atoms with Gasteiger partial charge in [0, 0.05) is 0 Å². The van der Waals surface area contributed by atoms with Gasteiger partial charge in [0.25, 0.3) is 0 Å². The minimum absolute atomic E-state index is 0. The van der Waals surface area contributed by atoms with E-state index in [2.05, 4.69) is 121 Å². The Bertz CT molecular complexity index is 848. The van der Waals surface area contributed by atoms with Crippen LogP contribution in [-0.4, -0.2) is 5.48 Å². The molecular weight excluding hydrogens is 361 g/mol. The molecule has 0 aliphatic carbocycles. The lowest BCUT2D eigenvalue weighted by Crippen LogP contribution is -2.32.